The molecule has 11 heteroatoms. The third-order valence-electron chi connectivity index (χ3n) is 6.91. The molecular formula is C27H28F4N4O3. The van der Waals surface area contributed by atoms with Gasteiger partial charge in [0.25, 0.3) is 5.91 Å². The summed E-state index contributed by atoms with van der Waals surface area (Å²) in [5.41, 5.74) is -1.97. The zero-order valence-electron chi connectivity index (χ0n) is 21.3. The molecule has 0 unspecified atom stereocenters. The molecule has 0 spiro atoms. The van der Waals surface area contributed by atoms with E-state index in [2.05, 4.69) is 15.2 Å². The van der Waals surface area contributed by atoms with E-state index in [0.717, 1.165) is 6.20 Å². The Morgan fingerprint density at radius 2 is 1.71 bits per heavy atom. The summed E-state index contributed by atoms with van der Waals surface area (Å²) in [6.45, 7) is 5.05. The molecule has 1 fully saturated rings. The van der Waals surface area contributed by atoms with Crippen LogP contribution in [0.2, 0.25) is 0 Å². The van der Waals surface area contributed by atoms with Gasteiger partial charge in [-0.15, -0.1) is 0 Å². The number of rotatable bonds is 5. The number of H-pyrrole nitrogens is 1. The monoisotopic (exact) mass is 532 g/mol. The number of piperazine rings is 1. The van der Waals surface area contributed by atoms with Crippen LogP contribution in [0.5, 0.6) is 5.75 Å². The van der Waals surface area contributed by atoms with Gasteiger partial charge in [-0.2, -0.15) is 13.2 Å². The van der Waals surface area contributed by atoms with E-state index >= 15 is 4.39 Å². The van der Waals surface area contributed by atoms with E-state index in [1.54, 1.807) is 24.3 Å². The van der Waals surface area contributed by atoms with Gasteiger partial charge in [0, 0.05) is 43.0 Å². The first-order valence-corrected chi connectivity index (χ1v) is 11.9. The van der Waals surface area contributed by atoms with E-state index in [0.29, 0.717) is 36.2 Å². The number of benzene rings is 2. The number of ether oxygens (including phenoxy) is 1. The number of aromatic amines is 1. The van der Waals surface area contributed by atoms with Crippen LogP contribution in [0, 0.1) is 5.82 Å². The molecule has 4 rings (SSSR count). The average molecular weight is 533 g/mol. The summed E-state index contributed by atoms with van der Waals surface area (Å²) in [5.74, 6) is -1.07. The van der Waals surface area contributed by atoms with Gasteiger partial charge in [0.1, 0.15) is 11.6 Å². The van der Waals surface area contributed by atoms with Crippen molar-refractivity contribution >= 4 is 17.3 Å². The van der Waals surface area contributed by atoms with Crippen LogP contribution in [-0.4, -0.2) is 55.1 Å². The first-order valence-electron chi connectivity index (χ1n) is 11.9. The summed E-state index contributed by atoms with van der Waals surface area (Å²) in [7, 11) is 3.49. The summed E-state index contributed by atoms with van der Waals surface area (Å²) < 4.78 is 61.5. The van der Waals surface area contributed by atoms with Crippen LogP contribution in [0.3, 0.4) is 0 Å². The highest BCUT2D eigenvalue weighted by molar-refractivity contribution is 6.07. The van der Waals surface area contributed by atoms with Crippen molar-refractivity contribution in [2.45, 2.75) is 32.1 Å². The standard InChI is InChI=1S/C27H28F4N4O3/c1-15-13-35(14-16(2)34(15)3)24-11-22(28)19(17-5-7-18(38-4)8-6-17)9-23(24)33-26(37)20-12-32-25(36)10-21(20)27(29,30)31/h5-12,15-16H,13-14H2,1-4H3,(H,32,36)(H,33,37)/t15-,16+. The molecule has 38 heavy (non-hydrogen) atoms. The average Bonchev–Trinajstić information content (AvgIpc) is 2.87. The molecule has 0 saturated carbocycles. The number of carbonyl (C=O) groups excluding carboxylic acids is 1. The van der Waals surface area contributed by atoms with Gasteiger partial charge >= 0.3 is 6.18 Å². The number of hydrogen-bond donors (Lipinski definition) is 2. The summed E-state index contributed by atoms with van der Waals surface area (Å²) >= 11 is 0. The third kappa shape index (κ3) is 5.52. The number of aromatic nitrogens is 1. The lowest BCUT2D eigenvalue weighted by molar-refractivity contribution is -0.138. The number of nitrogens with one attached hydrogen (secondary N) is 2. The van der Waals surface area contributed by atoms with Crippen LogP contribution in [-0.2, 0) is 6.18 Å². The highest BCUT2D eigenvalue weighted by atomic mass is 19.4. The van der Waals surface area contributed by atoms with E-state index in [4.69, 9.17) is 4.74 Å². The maximum absolute atomic E-state index is 15.5. The summed E-state index contributed by atoms with van der Waals surface area (Å²) in [6, 6.07) is 9.84. The molecule has 2 aromatic carbocycles. The summed E-state index contributed by atoms with van der Waals surface area (Å²) in [5, 5.41) is 2.55. The first kappa shape index (κ1) is 27.2. The minimum atomic E-state index is -4.93. The Labute approximate surface area is 217 Å². The molecule has 3 aromatic rings. The van der Waals surface area contributed by atoms with Crippen molar-refractivity contribution in [1.82, 2.24) is 9.88 Å². The zero-order valence-corrected chi connectivity index (χ0v) is 21.3. The molecule has 2 heterocycles. The Hall–Kier alpha value is -3.86. The number of amides is 1. The van der Waals surface area contributed by atoms with Gasteiger partial charge in [0.05, 0.1) is 29.6 Å². The molecule has 1 amide bonds. The van der Waals surface area contributed by atoms with Crippen LogP contribution < -0.4 is 20.5 Å². The molecule has 0 radical (unpaired) electrons. The predicted molar refractivity (Wildman–Crippen MR) is 137 cm³/mol. The number of alkyl halides is 3. The van der Waals surface area contributed by atoms with E-state index in [-0.39, 0.29) is 23.3 Å². The van der Waals surface area contributed by atoms with Crippen molar-refractivity contribution in [3.63, 3.8) is 0 Å². The van der Waals surface area contributed by atoms with Crippen molar-refractivity contribution in [2.75, 3.05) is 37.5 Å². The molecule has 0 aliphatic carbocycles. The fraction of sp³-hybridized carbons (Fsp3) is 0.333. The fourth-order valence-corrected chi connectivity index (χ4v) is 4.60. The largest absolute Gasteiger partial charge is 0.497 e. The van der Waals surface area contributed by atoms with Crippen LogP contribution in [0.15, 0.2) is 53.5 Å². The lowest BCUT2D eigenvalue weighted by Gasteiger charge is -2.44. The van der Waals surface area contributed by atoms with E-state index in [1.165, 1.54) is 19.2 Å². The van der Waals surface area contributed by atoms with Crippen molar-refractivity contribution < 1.29 is 27.1 Å². The molecule has 1 aliphatic heterocycles. The van der Waals surface area contributed by atoms with Gasteiger partial charge < -0.3 is 19.9 Å². The van der Waals surface area contributed by atoms with Gasteiger partial charge in [-0.25, -0.2) is 4.39 Å². The van der Waals surface area contributed by atoms with Gasteiger partial charge in [-0.3, -0.25) is 14.5 Å². The summed E-state index contributed by atoms with van der Waals surface area (Å²) in [4.78, 5) is 30.9. The fourth-order valence-electron chi connectivity index (χ4n) is 4.60. The van der Waals surface area contributed by atoms with Crippen molar-refractivity contribution in [3.05, 3.63) is 76.0 Å². The quantitative estimate of drug-likeness (QED) is 0.453. The number of halogens is 4. The number of methoxy groups -OCH3 is 1. The van der Waals surface area contributed by atoms with Crippen LogP contribution in [0.4, 0.5) is 28.9 Å². The molecule has 2 N–H and O–H groups in total. The summed E-state index contributed by atoms with van der Waals surface area (Å²) in [6.07, 6.45) is -4.20. The molecule has 7 nitrogen and oxygen atoms in total. The molecule has 1 saturated heterocycles. The van der Waals surface area contributed by atoms with Gasteiger partial charge in [0.2, 0.25) is 5.56 Å². The smallest absolute Gasteiger partial charge is 0.417 e. The van der Waals surface area contributed by atoms with Gasteiger partial charge in [-0.1, -0.05) is 12.1 Å². The minimum Gasteiger partial charge on any atom is -0.497 e. The number of anilines is 2. The normalized spacial score (nSPS) is 18.4. The first-order chi connectivity index (χ1) is 17.9. The maximum atomic E-state index is 15.5. The predicted octanol–water partition coefficient (Wildman–Crippen LogP) is 4.99. The Kier molecular flexibility index (Phi) is 7.50. The van der Waals surface area contributed by atoms with E-state index < -0.39 is 34.6 Å². The third-order valence-corrected chi connectivity index (χ3v) is 6.91. The number of likely N-dealkylation sites (N-methyl/N-ethyl adjacent to an activating group) is 1. The molecule has 2 atom stereocenters. The number of pyridine rings is 1. The van der Waals surface area contributed by atoms with Gasteiger partial charge in [-0.05, 0) is 50.7 Å². The molecule has 1 aliphatic rings. The molecular weight excluding hydrogens is 504 g/mol. The molecule has 0 bridgehead atoms. The van der Waals surface area contributed by atoms with Crippen LogP contribution >= 0.6 is 0 Å². The Morgan fingerprint density at radius 1 is 1.08 bits per heavy atom. The van der Waals surface area contributed by atoms with Crippen LogP contribution in [0.25, 0.3) is 11.1 Å². The second-order valence-corrected chi connectivity index (χ2v) is 9.42. The lowest BCUT2D eigenvalue weighted by atomic mass is 10.0. The van der Waals surface area contributed by atoms with Crippen molar-refractivity contribution in [3.8, 4) is 16.9 Å². The van der Waals surface area contributed by atoms with Gasteiger partial charge in [0.15, 0.2) is 0 Å². The second kappa shape index (κ2) is 10.5. The van der Waals surface area contributed by atoms with Crippen molar-refractivity contribution in [1.29, 1.82) is 0 Å². The van der Waals surface area contributed by atoms with Crippen molar-refractivity contribution in [2.24, 2.45) is 0 Å². The maximum Gasteiger partial charge on any atom is 0.417 e. The number of carbonyl (C=O) groups is 1. The Morgan fingerprint density at radius 3 is 2.29 bits per heavy atom. The van der Waals surface area contributed by atoms with E-state index in [1.807, 2.05) is 25.8 Å². The highest BCUT2D eigenvalue weighted by Gasteiger charge is 2.36. The van der Waals surface area contributed by atoms with E-state index in [9.17, 15) is 22.8 Å². The zero-order chi connectivity index (χ0) is 27.8. The Balaban J connectivity index is 1.81. The minimum absolute atomic E-state index is 0.0997. The van der Waals surface area contributed by atoms with Crippen LogP contribution in [0.1, 0.15) is 29.8 Å². The lowest BCUT2D eigenvalue weighted by Crippen LogP contribution is -2.55. The molecule has 202 valence electrons. The topological polar surface area (TPSA) is 77.7 Å². The molecule has 1 aromatic heterocycles. The number of hydrogen-bond acceptors (Lipinski definition) is 5. The Bertz CT molecular complexity index is 1380. The highest BCUT2D eigenvalue weighted by Crippen LogP contribution is 2.37. The SMILES string of the molecule is COc1ccc(-c2cc(NC(=O)c3c[nH]c(=O)cc3C(F)(F)F)c(N3C[C@@H](C)N(C)[C@@H](C)C3)cc2F)cc1. The second-order valence-electron chi connectivity index (χ2n) is 9.42. The number of nitrogens with zero attached hydrogens (tertiary/aromatic N) is 2.